The first-order chi connectivity index (χ1) is 17.6. The van der Waals surface area contributed by atoms with Crippen LogP contribution in [-0.4, -0.2) is 42.0 Å². The molecule has 11 heteroatoms. The van der Waals surface area contributed by atoms with Crippen LogP contribution in [-0.2, 0) is 11.3 Å². The molecule has 5 heterocycles. The van der Waals surface area contributed by atoms with Gasteiger partial charge >= 0.3 is 0 Å². The second-order valence-corrected chi connectivity index (χ2v) is 8.66. The molecule has 1 aliphatic rings. The summed E-state index contributed by atoms with van der Waals surface area (Å²) in [5.41, 5.74) is 14.7. The van der Waals surface area contributed by atoms with Crippen LogP contribution in [0.5, 0.6) is 5.75 Å². The van der Waals surface area contributed by atoms with Crippen molar-refractivity contribution < 1.29 is 14.3 Å². The van der Waals surface area contributed by atoms with E-state index < -0.39 is 5.91 Å². The summed E-state index contributed by atoms with van der Waals surface area (Å²) in [4.78, 5) is 20.9. The van der Waals surface area contributed by atoms with Gasteiger partial charge in [0.1, 0.15) is 12.3 Å². The Labute approximate surface area is 205 Å². The maximum absolute atomic E-state index is 11.6. The molecule has 0 radical (unpaired) electrons. The number of nitrogens with zero attached hydrogens (tertiary/aromatic N) is 6. The molecule has 1 atom stereocenters. The summed E-state index contributed by atoms with van der Waals surface area (Å²) in [6.07, 6.45) is 8.21. The number of benzene rings is 1. The number of nitrogens with two attached hydrogens (primary N) is 2. The SMILES string of the molecule is NC(=O)c1ccc2nc(N)c(OCc3nc4c(cnn4C4CCCCO4)cc3-n3cccn3)cc2c1. The first-order valence-corrected chi connectivity index (χ1v) is 11.7. The molecule has 1 amide bonds. The van der Waals surface area contributed by atoms with Gasteiger partial charge in [-0.3, -0.25) is 4.79 Å². The molecule has 4 aromatic heterocycles. The van der Waals surface area contributed by atoms with Gasteiger partial charge in [-0.15, -0.1) is 0 Å². The van der Waals surface area contributed by atoms with Gasteiger partial charge in [-0.2, -0.15) is 10.2 Å². The topological polar surface area (TPSA) is 149 Å². The fraction of sp³-hybridized carbons (Fsp3) is 0.240. The number of pyridine rings is 2. The van der Waals surface area contributed by atoms with Gasteiger partial charge in [-0.05, 0) is 55.7 Å². The number of carbonyl (C=O) groups is 1. The highest BCUT2D eigenvalue weighted by molar-refractivity contribution is 5.97. The molecule has 6 rings (SSSR count). The number of hydrogen-bond acceptors (Lipinski definition) is 8. The molecule has 36 heavy (non-hydrogen) atoms. The molecule has 11 nitrogen and oxygen atoms in total. The van der Waals surface area contributed by atoms with Crippen LogP contribution in [0.4, 0.5) is 5.82 Å². The molecule has 0 bridgehead atoms. The van der Waals surface area contributed by atoms with Crippen molar-refractivity contribution in [1.29, 1.82) is 0 Å². The van der Waals surface area contributed by atoms with Crippen molar-refractivity contribution in [2.45, 2.75) is 32.1 Å². The van der Waals surface area contributed by atoms with Gasteiger partial charge in [0.15, 0.2) is 23.4 Å². The predicted molar refractivity (Wildman–Crippen MR) is 132 cm³/mol. The van der Waals surface area contributed by atoms with Crippen LogP contribution in [0.25, 0.3) is 27.6 Å². The number of aromatic nitrogens is 6. The highest BCUT2D eigenvalue weighted by Gasteiger charge is 2.21. The van der Waals surface area contributed by atoms with Crippen LogP contribution >= 0.6 is 0 Å². The van der Waals surface area contributed by atoms with Crippen LogP contribution in [0, 0.1) is 0 Å². The van der Waals surface area contributed by atoms with E-state index in [9.17, 15) is 4.79 Å². The molecule has 0 spiro atoms. The predicted octanol–water partition coefficient (Wildman–Crippen LogP) is 3.12. The number of ether oxygens (including phenoxy) is 2. The van der Waals surface area contributed by atoms with Crippen molar-refractivity contribution in [2.75, 3.05) is 12.3 Å². The first-order valence-electron chi connectivity index (χ1n) is 11.7. The number of anilines is 1. The van der Waals surface area contributed by atoms with E-state index in [0.29, 0.717) is 40.2 Å². The number of amides is 1. The molecular formula is C25H24N8O3. The van der Waals surface area contributed by atoms with Gasteiger partial charge in [-0.1, -0.05) is 0 Å². The standard InChI is InChI=1S/C25H24N8O3/c26-23-21(12-16-10-15(24(27)34)5-6-18(16)30-23)36-14-19-20(32-8-3-7-28-32)11-17-13-29-33(25(17)31-19)22-4-1-2-9-35-22/h3,5-8,10-13,22H,1-2,4,9,14H2,(H2,26,30)(H2,27,34). The molecule has 1 unspecified atom stereocenters. The molecule has 5 aromatic rings. The maximum atomic E-state index is 11.6. The van der Waals surface area contributed by atoms with E-state index in [1.54, 1.807) is 41.3 Å². The van der Waals surface area contributed by atoms with Crippen molar-refractivity contribution >= 4 is 33.7 Å². The fourth-order valence-electron chi connectivity index (χ4n) is 4.43. The highest BCUT2D eigenvalue weighted by atomic mass is 16.5. The molecule has 182 valence electrons. The molecule has 0 saturated carbocycles. The summed E-state index contributed by atoms with van der Waals surface area (Å²) < 4.78 is 15.6. The number of nitrogen functional groups attached to an aromatic ring is 1. The summed E-state index contributed by atoms with van der Waals surface area (Å²) in [7, 11) is 0. The lowest BCUT2D eigenvalue weighted by molar-refractivity contribution is -0.0370. The zero-order valence-corrected chi connectivity index (χ0v) is 19.4. The van der Waals surface area contributed by atoms with Gasteiger partial charge in [0.05, 0.1) is 17.4 Å². The third-order valence-corrected chi connectivity index (χ3v) is 6.26. The zero-order valence-electron chi connectivity index (χ0n) is 19.4. The van der Waals surface area contributed by atoms with Crippen LogP contribution in [0.15, 0.2) is 55.0 Å². The van der Waals surface area contributed by atoms with Gasteiger partial charge in [-0.25, -0.2) is 19.3 Å². The second-order valence-electron chi connectivity index (χ2n) is 8.66. The lowest BCUT2D eigenvalue weighted by Crippen LogP contribution is -2.19. The Morgan fingerprint density at radius 2 is 2.06 bits per heavy atom. The zero-order chi connectivity index (χ0) is 24.6. The Balaban J connectivity index is 1.38. The number of primary amides is 1. The van der Waals surface area contributed by atoms with Gasteiger partial charge in [0.2, 0.25) is 5.91 Å². The maximum Gasteiger partial charge on any atom is 0.248 e. The number of carbonyl (C=O) groups excluding carboxylic acids is 1. The Kier molecular flexibility index (Phi) is 5.45. The molecular weight excluding hydrogens is 460 g/mol. The van der Waals surface area contributed by atoms with E-state index in [-0.39, 0.29) is 18.7 Å². The number of hydrogen-bond donors (Lipinski definition) is 2. The van der Waals surface area contributed by atoms with Crippen molar-refractivity contribution in [3.63, 3.8) is 0 Å². The van der Waals surface area contributed by atoms with E-state index in [4.69, 9.17) is 25.9 Å². The molecule has 1 aliphatic heterocycles. The number of rotatable bonds is 6. The van der Waals surface area contributed by atoms with Gasteiger partial charge in [0, 0.05) is 35.3 Å². The van der Waals surface area contributed by atoms with E-state index in [0.717, 1.165) is 30.3 Å². The second kappa shape index (κ2) is 8.93. The Morgan fingerprint density at radius 3 is 2.83 bits per heavy atom. The molecule has 1 fully saturated rings. The van der Waals surface area contributed by atoms with Crippen LogP contribution in [0.3, 0.4) is 0 Å². The number of fused-ring (bicyclic) bond motifs is 2. The van der Waals surface area contributed by atoms with Crippen molar-refractivity contribution in [2.24, 2.45) is 5.73 Å². The summed E-state index contributed by atoms with van der Waals surface area (Å²) >= 11 is 0. The lowest BCUT2D eigenvalue weighted by atomic mass is 10.1. The minimum atomic E-state index is -0.517. The van der Waals surface area contributed by atoms with Gasteiger partial charge in [0.25, 0.3) is 0 Å². The summed E-state index contributed by atoms with van der Waals surface area (Å²) in [6.45, 7) is 0.813. The monoisotopic (exact) mass is 484 g/mol. The van der Waals surface area contributed by atoms with E-state index in [1.165, 1.54) is 0 Å². The van der Waals surface area contributed by atoms with E-state index in [2.05, 4.69) is 15.2 Å². The van der Waals surface area contributed by atoms with Crippen LogP contribution in [0.1, 0.15) is 41.5 Å². The minimum absolute atomic E-state index is 0.106. The molecule has 1 saturated heterocycles. The van der Waals surface area contributed by atoms with Crippen LogP contribution < -0.4 is 16.2 Å². The fourth-order valence-corrected chi connectivity index (χ4v) is 4.43. The average molecular weight is 485 g/mol. The van der Waals surface area contributed by atoms with E-state index >= 15 is 0 Å². The Morgan fingerprint density at radius 1 is 1.14 bits per heavy atom. The first kappa shape index (κ1) is 22.0. The van der Waals surface area contributed by atoms with Crippen molar-refractivity contribution in [1.82, 2.24) is 29.5 Å². The van der Waals surface area contributed by atoms with Crippen LogP contribution in [0.2, 0.25) is 0 Å². The smallest absolute Gasteiger partial charge is 0.248 e. The molecule has 4 N–H and O–H groups in total. The van der Waals surface area contributed by atoms with E-state index in [1.807, 2.05) is 23.0 Å². The molecule has 0 aliphatic carbocycles. The largest absolute Gasteiger partial charge is 0.483 e. The third-order valence-electron chi connectivity index (χ3n) is 6.26. The lowest BCUT2D eigenvalue weighted by Gasteiger charge is -2.23. The highest BCUT2D eigenvalue weighted by Crippen LogP contribution is 2.30. The Bertz CT molecular complexity index is 1570. The van der Waals surface area contributed by atoms with Crippen molar-refractivity contribution in [3.05, 3.63) is 66.2 Å². The minimum Gasteiger partial charge on any atom is -0.483 e. The van der Waals surface area contributed by atoms with Crippen molar-refractivity contribution in [3.8, 4) is 11.4 Å². The third kappa shape index (κ3) is 3.99. The quantitative estimate of drug-likeness (QED) is 0.373. The van der Waals surface area contributed by atoms with Gasteiger partial charge < -0.3 is 20.9 Å². The normalized spacial score (nSPS) is 15.9. The summed E-state index contributed by atoms with van der Waals surface area (Å²) in [6, 6.07) is 10.6. The Hall–Kier alpha value is -4.51. The summed E-state index contributed by atoms with van der Waals surface area (Å²) in [5, 5.41) is 10.5. The molecule has 1 aromatic carbocycles. The average Bonchev–Trinajstić information content (AvgIpc) is 3.57. The summed E-state index contributed by atoms with van der Waals surface area (Å²) in [5.74, 6) is 0.0920.